The molecule has 0 saturated carbocycles. The highest BCUT2D eigenvalue weighted by Gasteiger charge is 2.18. The van der Waals surface area contributed by atoms with Crippen LogP contribution in [0, 0.1) is 0 Å². The van der Waals surface area contributed by atoms with E-state index < -0.39 is 0 Å². The first-order valence-electron chi connectivity index (χ1n) is 15.3. The number of benzene rings is 6. The van der Waals surface area contributed by atoms with E-state index >= 15 is 0 Å². The van der Waals surface area contributed by atoms with E-state index in [2.05, 4.69) is 30.3 Å². The molecule has 0 aliphatic heterocycles. The third kappa shape index (κ3) is 5.65. The van der Waals surface area contributed by atoms with Gasteiger partial charge < -0.3 is 0 Å². The average Bonchev–Trinajstić information content (AvgIpc) is 3.15. The van der Waals surface area contributed by atoms with Gasteiger partial charge >= 0.3 is 0 Å². The first-order valence-corrected chi connectivity index (χ1v) is 15.7. The third-order valence-electron chi connectivity index (χ3n) is 8.04. The highest BCUT2D eigenvalue weighted by Crippen LogP contribution is 2.37. The van der Waals surface area contributed by atoms with Gasteiger partial charge in [-0.15, -0.1) is 0 Å². The summed E-state index contributed by atoms with van der Waals surface area (Å²) in [7, 11) is 0. The lowest BCUT2D eigenvalue weighted by Crippen LogP contribution is -2.01. The number of hydrogen-bond donors (Lipinski definition) is 0. The van der Waals surface area contributed by atoms with Gasteiger partial charge in [-0.3, -0.25) is 0 Å². The molecule has 0 atom stereocenters. The number of nitrogens with zero attached hydrogens (tertiary/aromatic N) is 5. The summed E-state index contributed by atoms with van der Waals surface area (Å²) in [6, 6.07) is 52.3. The molecule has 0 unspecified atom stereocenters. The molecule has 0 aliphatic rings. The Labute approximate surface area is 277 Å². The van der Waals surface area contributed by atoms with Crippen molar-refractivity contribution in [2.24, 2.45) is 0 Å². The van der Waals surface area contributed by atoms with Crippen molar-refractivity contribution in [1.82, 2.24) is 24.9 Å². The molecule has 6 aromatic carbocycles. The van der Waals surface area contributed by atoms with E-state index in [0.717, 1.165) is 50.0 Å². The van der Waals surface area contributed by atoms with Crippen LogP contribution in [0.2, 0.25) is 5.02 Å². The van der Waals surface area contributed by atoms with Crippen LogP contribution in [-0.2, 0) is 0 Å². The summed E-state index contributed by atoms with van der Waals surface area (Å²) in [5, 5.41) is 1.55. The van der Waals surface area contributed by atoms with Gasteiger partial charge in [-0.25, -0.2) is 24.9 Å². The zero-order valence-corrected chi connectivity index (χ0v) is 25.9. The molecular weight excluding hydrogens is 598 g/mol. The van der Waals surface area contributed by atoms with Crippen molar-refractivity contribution in [2.45, 2.75) is 0 Å². The normalized spacial score (nSPS) is 11.1. The van der Waals surface area contributed by atoms with E-state index in [0.29, 0.717) is 33.9 Å². The van der Waals surface area contributed by atoms with Crippen LogP contribution in [0.1, 0.15) is 0 Å². The Morgan fingerprint density at radius 3 is 1.51 bits per heavy atom. The summed E-state index contributed by atoms with van der Waals surface area (Å²) in [6.07, 6.45) is 0. The molecular formula is C41H26ClN5. The van der Waals surface area contributed by atoms with Crippen LogP contribution in [0.15, 0.2) is 158 Å². The molecule has 222 valence electrons. The molecule has 5 nitrogen and oxygen atoms in total. The second-order valence-electron chi connectivity index (χ2n) is 11.1. The van der Waals surface area contributed by atoms with Crippen LogP contribution in [0.25, 0.3) is 78.8 Å². The molecule has 0 bridgehead atoms. The molecule has 47 heavy (non-hydrogen) atoms. The highest BCUT2D eigenvalue weighted by atomic mass is 35.5. The van der Waals surface area contributed by atoms with E-state index in [-0.39, 0.29) is 0 Å². The fourth-order valence-electron chi connectivity index (χ4n) is 5.74. The quantitative estimate of drug-likeness (QED) is 0.184. The predicted octanol–water partition coefficient (Wildman–Crippen LogP) is 10.5. The van der Waals surface area contributed by atoms with Crippen molar-refractivity contribution < 1.29 is 0 Å². The van der Waals surface area contributed by atoms with Gasteiger partial charge in [0.1, 0.15) is 0 Å². The van der Waals surface area contributed by atoms with Gasteiger partial charge in [0.15, 0.2) is 23.3 Å². The minimum absolute atomic E-state index is 0.496. The van der Waals surface area contributed by atoms with Crippen molar-refractivity contribution in [3.63, 3.8) is 0 Å². The topological polar surface area (TPSA) is 64.5 Å². The lowest BCUT2D eigenvalue weighted by Gasteiger charge is -2.14. The maximum absolute atomic E-state index is 6.90. The van der Waals surface area contributed by atoms with Crippen LogP contribution in [0.3, 0.4) is 0 Å². The van der Waals surface area contributed by atoms with Gasteiger partial charge in [0.05, 0.1) is 16.2 Å². The van der Waals surface area contributed by atoms with Crippen LogP contribution >= 0.6 is 11.6 Å². The van der Waals surface area contributed by atoms with Crippen LogP contribution < -0.4 is 0 Å². The van der Waals surface area contributed by atoms with Gasteiger partial charge in [0.25, 0.3) is 0 Å². The van der Waals surface area contributed by atoms with E-state index in [1.54, 1.807) is 0 Å². The molecule has 0 N–H and O–H groups in total. The molecule has 8 rings (SSSR count). The van der Waals surface area contributed by atoms with Crippen molar-refractivity contribution >= 4 is 22.5 Å². The van der Waals surface area contributed by atoms with Gasteiger partial charge in [-0.2, -0.15) is 0 Å². The van der Waals surface area contributed by atoms with Gasteiger partial charge in [0.2, 0.25) is 0 Å². The lowest BCUT2D eigenvalue weighted by molar-refractivity contribution is 1.07. The second kappa shape index (κ2) is 12.4. The Morgan fingerprint density at radius 2 is 0.851 bits per heavy atom. The number of fused-ring (bicyclic) bond motifs is 1. The van der Waals surface area contributed by atoms with Crippen molar-refractivity contribution in [1.29, 1.82) is 0 Å². The van der Waals surface area contributed by atoms with Gasteiger partial charge in [-0.05, 0) is 29.3 Å². The summed E-state index contributed by atoms with van der Waals surface area (Å²) in [5.41, 5.74) is 8.15. The SMILES string of the molecule is Clc1ccc(-c2ccccc2-c2nc(-c3ccccc3)c3ccccc3n2)cc1-c1nc(-c2ccccc2)nc(-c2ccccc2)n1. The molecule has 0 amide bonds. The maximum atomic E-state index is 6.90. The van der Waals surface area contributed by atoms with E-state index in [1.807, 2.05) is 127 Å². The summed E-state index contributed by atoms with van der Waals surface area (Å²) in [5.74, 6) is 2.30. The standard InChI is InChI=1S/C41H26ClN5/c42-35-25-24-30(26-34(35)41-46-38(28-16-6-2-7-17-28)45-39(47-41)29-18-8-3-9-19-29)31-20-10-11-21-32(31)40-43-36-23-13-12-22-33(36)37(44-40)27-14-4-1-5-15-27/h1-26H. The predicted molar refractivity (Wildman–Crippen MR) is 191 cm³/mol. The first kappa shape index (κ1) is 28.4. The minimum atomic E-state index is 0.496. The average molecular weight is 624 g/mol. The number of aromatic nitrogens is 5. The zero-order chi connectivity index (χ0) is 31.6. The van der Waals surface area contributed by atoms with Gasteiger partial charge in [-0.1, -0.05) is 151 Å². The minimum Gasteiger partial charge on any atom is -0.228 e. The summed E-state index contributed by atoms with van der Waals surface area (Å²) in [6.45, 7) is 0. The Balaban J connectivity index is 1.29. The third-order valence-corrected chi connectivity index (χ3v) is 8.37. The zero-order valence-electron chi connectivity index (χ0n) is 25.1. The molecule has 0 spiro atoms. The Kier molecular flexibility index (Phi) is 7.50. The van der Waals surface area contributed by atoms with Crippen LogP contribution in [-0.4, -0.2) is 24.9 Å². The van der Waals surface area contributed by atoms with Crippen molar-refractivity contribution in [2.75, 3.05) is 0 Å². The number of halogens is 1. The monoisotopic (exact) mass is 623 g/mol. The molecule has 0 saturated heterocycles. The Hall–Kier alpha value is -6.04. The maximum Gasteiger partial charge on any atom is 0.165 e. The Bertz CT molecular complexity index is 2300. The molecule has 0 fully saturated rings. The van der Waals surface area contributed by atoms with E-state index in [1.165, 1.54) is 0 Å². The number of rotatable bonds is 6. The number of para-hydroxylation sites is 1. The summed E-state index contributed by atoms with van der Waals surface area (Å²) < 4.78 is 0. The molecule has 6 heteroatoms. The molecule has 0 radical (unpaired) electrons. The fourth-order valence-corrected chi connectivity index (χ4v) is 5.94. The Morgan fingerprint density at radius 1 is 0.340 bits per heavy atom. The molecule has 8 aromatic rings. The smallest absolute Gasteiger partial charge is 0.165 e. The van der Waals surface area contributed by atoms with E-state index in [4.69, 9.17) is 36.5 Å². The molecule has 0 aliphatic carbocycles. The molecule has 2 heterocycles. The lowest BCUT2D eigenvalue weighted by atomic mass is 9.96. The van der Waals surface area contributed by atoms with E-state index in [9.17, 15) is 0 Å². The fraction of sp³-hybridized carbons (Fsp3) is 0. The highest BCUT2D eigenvalue weighted by molar-refractivity contribution is 6.33. The van der Waals surface area contributed by atoms with Crippen molar-refractivity contribution in [3.05, 3.63) is 163 Å². The summed E-state index contributed by atoms with van der Waals surface area (Å²) in [4.78, 5) is 24.9. The van der Waals surface area contributed by atoms with Crippen LogP contribution in [0.5, 0.6) is 0 Å². The summed E-state index contributed by atoms with van der Waals surface area (Å²) >= 11 is 6.90. The van der Waals surface area contributed by atoms with Crippen molar-refractivity contribution in [3.8, 4) is 67.9 Å². The molecule has 2 aromatic heterocycles. The van der Waals surface area contributed by atoms with Crippen LogP contribution in [0.4, 0.5) is 0 Å². The largest absolute Gasteiger partial charge is 0.228 e. The first-order chi connectivity index (χ1) is 23.2. The van der Waals surface area contributed by atoms with Gasteiger partial charge in [0, 0.05) is 33.2 Å². The second-order valence-corrected chi connectivity index (χ2v) is 11.5. The number of hydrogen-bond acceptors (Lipinski definition) is 5.